The van der Waals surface area contributed by atoms with Crippen LogP contribution in [0.4, 0.5) is 0 Å². The number of aliphatic imine (C=N–C) groups is 1. The van der Waals surface area contributed by atoms with Gasteiger partial charge in [-0.2, -0.15) is 0 Å². The average molecular weight is 321 g/mol. The Morgan fingerprint density at radius 1 is 1.32 bits per heavy atom. The Balaban J connectivity index is 2.36. The maximum atomic E-state index is 12.2. The van der Waals surface area contributed by atoms with Crippen LogP contribution < -0.4 is 5.32 Å². The Labute approximate surface area is 136 Å². The van der Waals surface area contributed by atoms with Crippen LogP contribution in [-0.2, 0) is 9.53 Å². The molecule has 0 amide bonds. The molecule has 1 aromatic carbocycles. The molecular weight excluding hydrogens is 300 g/mol. The number of esters is 1. The van der Waals surface area contributed by atoms with Crippen LogP contribution in [0, 0.1) is 0 Å². The lowest BCUT2D eigenvalue weighted by Crippen LogP contribution is -2.31. The van der Waals surface area contributed by atoms with E-state index in [2.05, 4.69) is 17.2 Å². The lowest BCUT2D eigenvalue weighted by Gasteiger charge is -2.25. The van der Waals surface area contributed by atoms with E-state index in [1.54, 1.807) is 6.92 Å². The van der Waals surface area contributed by atoms with Crippen molar-refractivity contribution in [3.8, 4) is 0 Å². The second-order valence-corrected chi connectivity index (χ2v) is 5.44. The predicted octanol–water partition coefficient (Wildman–Crippen LogP) is 3.93. The van der Waals surface area contributed by atoms with Gasteiger partial charge >= 0.3 is 5.97 Å². The molecule has 22 heavy (non-hydrogen) atoms. The Morgan fingerprint density at radius 2 is 2.05 bits per heavy atom. The summed E-state index contributed by atoms with van der Waals surface area (Å²) >= 11 is 6.32. The number of carbonyl (C=O) groups is 1. The van der Waals surface area contributed by atoms with E-state index in [0.717, 1.165) is 30.7 Å². The number of nitrogens with zero attached hydrogens (tertiary/aromatic N) is 1. The Bertz CT molecular complexity index is 582. The average Bonchev–Trinajstić information content (AvgIpc) is 2.53. The van der Waals surface area contributed by atoms with Crippen molar-refractivity contribution in [2.45, 2.75) is 39.2 Å². The largest absolute Gasteiger partial charge is 0.462 e. The van der Waals surface area contributed by atoms with Crippen LogP contribution in [0.1, 0.15) is 44.7 Å². The summed E-state index contributed by atoms with van der Waals surface area (Å²) in [6, 6.07) is 9.26. The molecule has 118 valence electrons. The maximum Gasteiger partial charge on any atom is 0.339 e. The van der Waals surface area contributed by atoms with E-state index >= 15 is 0 Å². The van der Waals surface area contributed by atoms with Crippen LogP contribution in [0.3, 0.4) is 0 Å². The molecule has 0 saturated heterocycles. The lowest BCUT2D eigenvalue weighted by atomic mass is 9.98. The smallest absolute Gasteiger partial charge is 0.339 e. The van der Waals surface area contributed by atoms with Gasteiger partial charge in [0.15, 0.2) is 0 Å². The predicted molar refractivity (Wildman–Crippen MR) is 88.8 cm³/mol. The van der Waals surface area contributed by atoms with Crippen LogP contribution in [0.15, 0.2) is 46.1 Å². The molecule has 1 aliphatic heterocycles. The highest BCUT2D eigenvalue weighted by Gasteiger charge is 2.30. The molecule has 1 N–H and O–H groups in total. The van der Waals surface area contributed by atoms with Crippen molar-refractivity contribution in [3.63, 3.8) is 0 Å². The van der Waals surface area contributed by atoms with Crippen molar-refractivity contribution in [2.75, 3.05) is 6.61 Å². The fourth-order valence-corrected chi connectivity index (χ4v) is 2.61. The standard InChI is InChI=1S/C17H21ClN2O2/c1-3-5-11-13-19-15(12-9-7-6-8-10-12)14(16(18)20-13)17(21)22-4-2/h6-10,15H,3-5,11H2,1-2H3,(H,19,20). The van der Waals surface area contributed by atoms with Crippen molar-refractivity contribution in [1.82, 2.24) is 5.32 Å². The minimum absolute atomic E-state index is 0.306. The number of hydrogen-bond acceptors (Lipinski definition) is 4. The number of benzene rings is 1. The number of unbranched alkanes of at least 4 members (excludes halogenated alkanes) is 1. The number of nitrogens with one attached hydrogen (secondary N) is 1. The van der Waals surface area contributed by atoms with E-state index in [1.165, 1.54) is 0 Å². The van der Waals surface area contributed by atoms with E-state index in [9.17, 15) is 4.79 Å². The van der Waals surface area contributed by atoms with Gasteiger partial charge in [-0.3, -0.25) is 4.99 Å². The summed E-state index contributed by atoms with van der Waals surface area (Å²) < 4.78 is 5.13. The van der Waals surface area contributed by atoms with E-state index in [-0.39, 0.29) is 0 Å². The summed E-state index contributed by atoms with van der Waals surface area (Å²) in [6.45, 7) is 4.20. The summed E-state index contributed by atoms with van der Waals surface area (Å²) in [5.74, 6) is 0.390. The highest BCUT2D eigenvalue weighted by Crippen LogP contribution is 2.33. The SMILES string of the molecule is CCCCC1=NC(c2ccccc2)C(C(=O)OCC)=C(Cl)N1. The van der Waals surface area contributed by atoms with E-state index in [4.69, 9.17) is 16.3 Å². The van der Waals surface area contributed by atoms with Crippen molar-refractivity contribution in [3.05, 3.63) is 46.6 Å². The maximum absolute atomic E-state index is 12.2. The Kier molecular flexibility index (Phi) is 6.01. The van der Waals surface area contributed by atoms with Gasteiger partial charge in [-0.05, 0) is 18.9 Å². The van der Waals surface area contributed by atoms with Crippen LogP contribution in [0.25, 0.3) is 0 Å². The second kappa shape index (κ2) is 7.99. The summed E-state index contributed by atoms with van der Waals surface area (Å²) in [6.07, 6.45) is 2.90. The van der Waals surface area contributed by atoms with Gasteiger partial charge in [0.1, 0.15) is 22.6 Å². The zero-order valence-electron chi connectivity index (χ0n) is 12.9. The molecule has 1 aliphatic rings. The first kappa shape index (κ1) is 16.6. The Morgan fingerprint density at radius 3 is 2.68 bits per heavy atom. The molecule has 0 bridgehead atoms. The molecule has 1 heterocycles. The molecule has 1 atom stereocenters. The number of amidine groups is 1. The summed E-state index contributed by atoms with van der Waals surface area (Å²) in [5, 5.41) is 3.35. The third-order valence-electron chi connectivity index (χ3n) is 3.43. The third kappa shape index (κ3) is 3.89. The van der Waals surface area contributed by atoms with E-state index < -0.39 is 12.0 Å². The summed E-state index contributed by atoms with van der Waals surface area (Å²) in [4.78, 5) is 16.9. The topological polar surface area (TPSA) is 50.7 Å². The molecule has 5 heteroatoms. The van der Waals surface area contributed by atoms with Gasteiger partial charge in [0.2, 0.25) is 0 Å². The molecule has 1 unspecified atom stereocenters. The fourth-order valence-electron chi connectivity index (χ4n) is 2.32. The quantitative estimate of drug-likeness (QED) is 0.638. The highest BCUT2D eigenvalue weighted by atomic mass is 35.5. The normalized spacial score (nSPS) is 17.8. The molecular formula is C17H21ClN2O2. The van der Waals surface area contributed by atoms with Crippen molar-refractivity contribution < 1.29 is 9.53 Å². The first-order chi connectivity index (χ1) is 10.7. The zero-order chi connectivity index (χ0) is 15.9. The van der Waals surface area contributed by atoms with Gasteiger partial charge < -0.3 is 10.1 Å². The molecule has 0 fully saturated rings. The van der Waals surface area contributed by atoms with Crippen molar-refractivity contribution in [2.24, 2.45) is 4.99 Å². The van der Waals surface area contributed by atoms with Crippen molar-refractivity contribution >= 4 is 23.4 Å². The molecule has 4 nitrogen and oxygen atoms in total. The highest BCUT2D eigenvalue weighted by molar-refractivity contribution is 6.33. The lowest BCUT2D eigenvalue weighted by molar-refractivity contribution is -0.138. The van der Waals surface area contributed by atoms with Crippen molar-refractivity contribution in [1.29, 1.82) is 0 Å². The van der Waals surface area contributed by atoms with Crippen LogP contribution >= 0.6 is 11.6 Å². The molecule has 0 aromatic heterocycles. The molecule has 0 spiro atoms. The number of rotatable bonds is 6. The number of carbonyl (C=O) groups excluding carboxylic acids is 1. The molecule has 0 saturated carbocycles. The van der Waals surface area contributed by atoms with E-state index in [1.807, 2.05) is 30.3 Å². The van der Waals surface area contributed by atoms with Gasteiger partial charge in [-0.1, -0.05) is 55.3 Å². The molecule has 2 rings (SSSR count). The third-order valence-corrected chi connectivity index (χ3v) is 3.72. The Hall–Kier alpha value is -1.81. The first-order valence-electron chi connectivity index (χ1n) is 7.62. The van der Waals surface area contributed by atoms with Crippen LogP contribution in [0.2, 0.25) is 0 Å². The number of ether oxygens (including phenoxy) is 1. The summed E-state index contributed by atoms with van der Waals surface area (Å²) in [7, 11) is 0. The minimum Gasteiger partial charge on any atom is -0.462 e. The van der Waals surface area contributed by atoms with Gasteiger partial charge in [0.25, 0.3) is 0 Å². The molecule has 0 aliphatic carbocycles. The first-order valence-corrected chi connectivity index (χ1v) is 8.00. The van der Waals surface area contributed by atoms with Gasteiger partial charge in [0.05, 0.1) is 6.61 Å². The molecule has 1 aromatic rings. The van der Waals surface area contributed by atoms with Crippen LogP contribution in [0.5, 0.6) is 0 Å². The van der Waals surface area contributed by atoms with Gasteiger partial charge in [0, 0.05) is 6.42 Å². The van der Waals surface area contributed by atoms with E-state index in [0.29, 0.717) is 17.3 Å². The second-order valence-electron chi connectivity index (χ2n) is 5.07. The minimum atomic E-state index is -0.424. The number of hydrogen-bond donors (Lipinski definition) is 1. The van der Waals surface area contributed by atoms with Crippen LogP contribution in [-0.4, -0.2) is 18.4 Å². The number of halogens is 1. The molecule has 0 radical (unpaired) electrons. The summed E-state index contributed by atoms with van der Waals surface area (Å²) in [5.41, 5.74) is 1.30. The zero-order valence-corrected chi connectivity index (χ0v) is 13.7. The van der Waals surface area contributed by atoms with Gasteiger partial charge in [-0.15, -0.1) is 0 Å². The van der Waals surface area contributed by atoms with Gasteiger partial charge in [-0.25, -0.2) is 4.79 Å². The monoisotopic (exact) mass is 320 g/mol. The fraction of sp³-hybridized carbons (Fsp3) is 0.412.